The molecule has 4 nitrogen and oxygen atoms in total. The van der Waals surface area contributed by atoms with Gasteiger partial charge in [0.05, 0.1) is 5.56 Å². The van der Waals surface area contributed by atoms with Crippen molar-refractivity contribution >= 4 is 23.3 Å². The highest BCUT2D eigenvalue weighted by Gasteiger charge is 2.12. The summed E-state index contributed by atoms with van der Waals surface area (Å²) in [4.78, 5) is 16.2. The molecule has 0 aliphatic heterocycles. The number of pyridine rings is 1. The molecule has 1 heterocycles. The molecule has 0 aliphatic carbocycles. The van der Waals surface area contributed by atoms with Crippen molar-refractivity contribution < 1.29 is 9.90 Å². The van der Waals surface area contributed by atoms with E-state index in [2.05, 4.69) is 10.3 Å². The van der Waals surface area contributed by atoms with Crippen molar-refractivity contribution in [3.63, 3.8) is 0 Å². The monoisotopic (exact) mass is 276 g/mol. The van der Waals surface area contributed by atoms with Gasteiger partial charge in [0.15, 0.2) is 0 Å². The van der Waals surface area contributed by atoms with E-state index in [-0.39, 0.29) is 11.3 Å². The number of phenols is 1. The Bertz CT molecular complexity index is 621. The SMILES string of the molecule is Cc1cc(C)nc(NC(=O)c2cc(Cl)ccc2O)c1. The summed E-state index contributed by atoms with van der Waals surface area (Å²) in [5.41, 5.74) is 1.93. The number of aryl methyl sites for hydroxylation is 2. The van der Waals surface area contributed by atoms with Gasteiger partial charge in [-0.25, -0.2) is 4.98 Å². The number of aromatic nitrogens is 1. The molecule has 0 radical (unpaired) electrons. The first-order valence-corrected chi connectivity index (χ1v) is 6.08. The van der Waals surface area contributed by atoms with Crippen molar-refractivity contribution in [3.8, 4) is 5.75 Å². The van der Waals surface area contributed by atoms with E-state index in [4.69, 9.17) is 11.6 Å². The van der Waals surface area contributed by atoms with Gasteiger partial charge < -0.3 is 10.4 Å². The van der Waals surface area contributed by atoms with E-state index in [0.29, 0.717) is 10.8 Å². The second kappa shape index (κ2) is 5.28. The summed E-state index contributed by atoms with van der Waals surface area (Å²) >= 11 is 5.81. The van der Waals surface area contributed by atoms with Gasteiger partial charge in [-0.15, -0.1) is 0 Å². The normalized spacial score (nSPS) is 10.3. The maximum absolute atomic E-state index is 12.0. The first kappa shape index (κ1) is 13.4. The summed E-state index contributed by atoms with van der Waals surface area (Å²) < 4.78 is 0. The van der Waals surface area contributed by atoms with Crippen LogP contribution in [0, 0.1) is 13.8 Å². The third-order valence-electron chi connectivity index (χ3n) is 2.54. The average Bonchev–Trinajstić information content (AvgIpc) is 2.30. The Morgan fingerprint density at radius 3 is 2.68 bits per heavy atom. The van der Waals surface area contributed by atoms with Crippen LogP contribution in [-0.4, -0.2) is 16.0 Å². The number of nitrogens with one attached hydrogen (secondary N) is 1. The molecule has 1 amide bonds. The zero-order chi connectivity index (χ0) is 14.0. The Kier molecular flexibility index (Phi) is 3.71. The Morgan fingerprint density at radius 1 is 1.26 bits per heavy atom. The molecular weight excluding hydrogens is 264 g/mol. The first-order valence-electron chi connectivity index (χ1n) is 5.71. The van der Waals surface area contributed by atoms with Gasteiger partial charge in [-0.3, -0.25) is 4.79 Å². The summed E-state index contributed by atoms with van der Waals surface area (Å²) in [6.07, 6.45) is 0. The lowest BCUT2D eigenvalue weighted by atomic mass is 10.2. The van der Waals surface area contributed by atoms with Gasteiger partial charge in [-0.05, 0) is 49.7 Å². The number of aromatic hydroxyl groups is 1. The summed E-state index contributed by atoms with van der Waals surface area (Å²) in [6, 6.07) is 7.97. The van der Waals surface area contributed by atoms with E-state index in [0.717, 1.165) is 11.3 Å². The molecule has 2 N–H and O–H groups in total. The van der Waals surface area contributed by atoms with Crippen molar-refractivity contribution in [1.29, 1.82) is 0 Å². The number of phenolic OH excluding ortho intramolecular Hbond substituents is 1. The van der Waals surface area contributed by atoms with Crippen LogP contribution in [-0.2, 0) is 0 Å². The number of anilines is 1. The highest BCUT2D eigenvalue weighted by Crippen LogP contribution is 2.22. The largest absolute Gasteiger partial charge is 0.507 e. The predicted octanol–water partition coefficient (Wildman–Crippen LogP) is 3.31. The minimum atomic E-state index is -0.447. The van der Waals surface area contributed by atoms with Crippen LogP contribution in [0.3, 0.4) is 0 Å². The number of halogens is 1. The summed E-state index contributed by atoms with van der Waals surface area (Å²) in [7, 11) is 0. The van der Waals surface area contributed by atoms with Crippen LogP contribution >= 0.6 is 11.6 Å². The van der Waals surface area contributed by atoms with Gasteiger partial charge >= 0.3 is 0 Å². The number of amides is 1. The van der Waals surface area contributed by atoms with Crippen LogP contribution in [0.2, 0.25) is 5.02 Å². The Labute approximate surface area is 116 Å². The van der Waals surface area contributed by atoms with Gasteiger partial charge in [-0.2, -0.15) is 0 Å². The van der Waals surface area contributed by atoms with Crippen molar-refractivity contribution in [2.75, 3.05) is 5.32 Å². The molecule has 19 heavy (non-hydrogen) atoms. The molecule has 0 atom stereocenters. The maximum Gasteiger partial charge on any atom is 0.260 e. The fraction of sp³-hybridized carbons (Fsp3) is 0.143. The third-order valence-corrected chi connectivity index (χ3v) is 2.78. The zero-order valence-corrected chi connectivity index (χ0v) is 11.3. The van der Waals surface area contributed by atoms with Crippen molar-refractivity contribution in [1.82, 2.24) is 4.98 Å². The number of hydrogen-bond donors (Lipinski definition) is 2. The Morgan fingerprint density at radius 2 is 2.00 bits per heavy atom. The quantitative estimate of drug-likeness (QED) is 0.884. The van der Waals surface area contributed by atoms with Gasteiger partial charge in [-0.1, -0.05) is 11.6 Å². The molecule has 5 heteroatoms. The van der Waals surface area contributed by atoms with Crippen molar-refractivity contribution in [2.45, 2.75) is 13.8 Å². The topological polar surface area (TPSA) is 62.2 Å². The highest BCUT2D eigenvalue weighted by atomic mass is 35.5. The third kappa shape index (κ3) is 3.23. The molecule has 2 rings (SSSR count). The minimum Gasteiger partial charge on any atom is -0.507 e. The van der Waals surface area contributed by atoms with Crippen molar-refractivity contribution in [2.24, 2.45) is 0 Å². The van der Waals surface area contributed by atoms with Crippen LogP contribution in [0.4, 0.5) is 5.82 Å². The predicted molar refractivity (Wildman–Crippen MR) is 74.8 cm³/mol. The lowest BCUT2D eigenvalue weighted by molar-refractivity contribution is 0.102. The summed E-state index contributed by atoms with van der Waals surface area (Å²) in [5, 5.41) is 12.7. The second-order valence-electron chi connectivity index (χ2n) is 4.29. The van der Waals surface area contributed by atoms with Gasteiger partial charge in [0.2, 0.25) is 0 Å². The van der Waals surface area contributed by atoms with Crippen LogP contribution in [0.5, 0.6) is 5.75 Å². The van der Waals surface area contributed by atoms with E-state index in [9.17, 15) is 9.90 Å². The number of nitrogens with zero attached hydrogens (tertiary/aromatic N) is 1. The molecule has 0 aliphatic rings. The van der Waals surface area contributed by atoms with Gasteiger partial charge in [0.25, 0.3) is 5.91 Å². The van der Waals surface area contributed by atoms with E-state index in [1.165, 1.54) is 18.2 Å². The molecule has 0 fully saturated rings. The number of carbonyl (C=O) groups is 1. The second-order valence-corrected chi connectivity index (χ2v) is 4.72. The molecule has 1 aromatic carbocycles. The molecule has 0 saturated heterocycles. The summed E-state index contributed by atoms with van der Waals surface area (Å²) in [6.45, 7) is 3.76. The fourth-order valence-electron chi connectivity index (χ4n) is 1.78. The van der Waals surface area contributed by atoms with E-state index in [1.54, 1.807) is 6.07 Å². The molecule has 2 aromatic rings. The van der Waals surface area contributed by atoms with Crippen LogP contribution < -0.4 is 5.32 Å². The maximum atomic E-state index is 12.0. The number of rotatable bonds is 2. The van der Waals surface area contributed by atoms with E-state index in [1.807, 2.05) is 19.9 Å². The van der Waals surface area contributed by atoms with Crippen LogP contribution in [0.25, 0.3) is 0 Å². The lowest BCUT2D eigenvalue weighted by Gasteiger charge is -2.08. The lowest BCUT2D eigenvalue weighted by Crippen LogP contribution is -2.13. The number of hydrogen-bond acceptors (Lipinski definition) is 3. The molecule has 0 spiro atoms. The van der Waals surface area contributed by atoms with Crippen LogP contribution in [0.15, 0.2) is 30.3 Å². The van der Waals surface area contributed by atoms with Gasteiger partial charge in [0.1, 0.15) is 11.6 Å². The molecular formula is C14H13ClN2O2. The molecule has 0 unspecified atom stereocenters. The zero-order valence-electron chi connectivity index (χ0n) is 10.6. The smallest absolute Gasteiger partial charge is 0.260 e. The molecule has 0 saturated carbocycles. The standard InChI is InChI=1S/C14H13ClN2O2/c1-8-5-9(2)16-13(6-8)17-14(19)11-7-10(15)3-4-12(11)18/h3-7,18H,1-2H3,(H,16,17,19). The average molecular weight is 277 g/mol. The van der Waals surface area contributed by atoms with Gasteiger partial charge in [0, 0.05) is 10.7 Å². The van der Waals surface area contributed by atoms with Crippen molar-refractivity contribution in [3.05, 3.63) is 52.2 Å². The first-order chi connectivity index (χ1) is 8.95. The summed E-state index contributed by atoms with van der Waals surface area (Å²) in [5.74, 6) is -0.120. The number of carbonyl (C=O) groups excluding carboxylic acids is 1. The molecule has 1 aromatic heterocycles. The molecule has 98 valence electrons. The molecule has 0 bridgehead atoms. The number of benzene rings is 1. The van der Waals surface area contributed by atoms with E-state index >= 15 is 0 Å². The highest BCUT2D eigenvalue weighted by molar-refractivity contribution is 6.31. The minimum absolute atomic E-state index is 0.119. The Balaban J connectivity index is 2.28. The fourth-order valence-corrected chi connectivity index (χ4v) is 1.95. The van der Waals surface area contributed by atoms with Crippen LogP contribution in [0.1, 0.15) is 21.6 Å². The Hall–Kier alpha value is -2.07. The van der Waals surface area contributed by atoms with E-state index < -0.39 is 5.91 Å².